The van der Waals surface area contributed by atoms with Crippen molar-refractivity contribution in [2.45, 2.75) is 20.3 Å². The van der Waals surface area contributed by atoms with Crippen molar-refractivity contribution in [2.24, 2.45) is 0 Å². The first kappa shape index (κ1) is 15.5. The van der Waals surface area contributed by atoms with Gasteiger partial charge in [0.2, 0.25) is 0 Å². The van der Waals surface area contributed by atoms with Crippen LogP contribution in [0.3, 0.4) is 0 Å². The number of ether oxygens (including phenoxy) is 1. The van der Waals surface area contributed by atoms with E-state index in [1.54, 1.807) is 13.3 Å². The highest BCUT2D eigenvalue weighted by molar-refractivity contribution is 6.13. The van der Waals surface area contributed by atoms with Gasteiger partial charge >= 0.3 is 0 Å². The van der Waals surface area contributed by atoms with E-state index in [1.807, 2.05) is 36.6 Å². The molecule has 0 radical (unpaired) electrons. The zero-order valence-corrected chi connectivity index (χ0v) is 14.5. The topological polar surface area (TPSA) is 82.2 Å². The van der Waals surface area contributed by atoms with Gasteiger partial charge in [0.25, 0.3) is 5.91 Å². The second-order valence-electron chi connectivity index (χ2n) is 6.33. The fourth-order valence-electron chi connectivity index (χ4n) is 3.73. The summed E-state index contributed by atoms with van der Waals surface area (Å²) in [5.74, 6) is 1.04. The Balaban J connectivity index is 2.16. The van der Waals surface area contributed by atoms with Crippen LogP contribution in [0.5, 0.6) is 5.75 Å². The molecule has 3 aromatic rings. The molecule has 6 nitrogen and oxygen atoms in total. The zero-order valence-electron chi connectivity index (χ0n) is 14.5. The number of nitrogens with one attached hydrogen (secondary N) is 1. The Morgan fingerprint density at radius 3 is 2.84 bits per heavy atom. The summed E-state index contributed by atoms with van der Waals surface area (Å²) in [7, 11) is 1.64. The molecule has 4 rings (SSSR count). The van der Waals surface area contributed by atoms with E-state index in [0.29, 0.717) is 23.6 Å². The summed E-state index contributed by atoms with van der Waals surface area (Å²) in [5, 5.41) is 3.77. The van der Waals surface area contributed by atoms with Crippen LogP contribution in [0.1, 0.15) is 27.0 Å². The molecule has 0 saturated carbocycles. The summed E-state index contributed by atoms with van der Waals surface area (Å²) < 4.78 is 7.35. The van der Waals surface area contributed by atoms with E-state index in [4.69, 9.17) is 10.5 Å². The first-order valence-electron chi connectivity index (χ1n) is 8.25. The lowest BCUT2D eigenvalue weighted by Crippen LogP contribution is -2.24. The van der Waals surface area contributed by atoms with E-state index in [-0.39, 0.29) is 5.91 Å². The first-order chi connectivity index (χ1) is 12.0. The predicted molar refractivity (Wildman–Crippen MR) is 97.5 cm³/mol. The molecule has 25 heavy (non-hydrogen) atoms. The van der Waals surface area contributed by atoms with Gasteiger partial charge in [0, 0.05) is 23.7 Å². The van der Waals surface area contributed by atoms with Crippen molar-refractivity contribution in [1.29, 1.82) is 0 Å². The van der Waals surface area contributed by atoms with Gasteiger partial charge in [-0.2, -0.15) is 0 Å². The second-order valence-corrected chi connectivity index (χ2v) is 6.33. The third-order valence-electron chi connectivity index (χ3n) is 4.91. The molecule has 1 aliphatic rings. The molecule has 0 aliphatic carbocycles. The van der Waals surface area contributed by atoms with E-state index in [2.05, 4.69) is 10.3 Å². The van der Waals surface area contributed by atoms with Crippen molar-refractivity contribution in [3.63, 3.8) is 0 Å². The number of nitrogens with two attached hydrogens (primary N) is 1. The Labute approximate surface area is 145 Å². The molecule has 0 atom stereocenters. The van der Waals surface area contributed by atoms with Gasteiger partial charge in [-0.1, -0.05) is 6.07 Å². The summed E-state index contributed by atoms with van der Waals surface area (Å²) in [6.45, 7) is 4.60. The standard InChI is InChI=1S/C19H20N4O2/c1-10-4-5-13(25-3)11(2)16(10)23-17(20)15-14-12(6-8-21-18(14)23)7-9-22-19(15)24/h4-6,8H,7,9,20H2,1-3H3,(H,22,24). The number of pyridine rings is 1. The van der Waals surface area contributed by atoms with Crippen LogP contribution in [0.4, 0.5) is 5.82 Å². The lowest BCUT2D eigenvalue weighted by Gasteiger charge is -2.17. The lowest BCUT2D eigenvalue weighted by molar-refractivity contribution is 0.0958. The maximum atomic E-state index is 12.6. The van der Waals surface area contributed by atoms with Crippen LogP contribution < -0.4 is 15.8 Å². The minimum atomic E-state index is -0.147. The Morgan fingerprint density at radius 1 is 1.28 bits per heavy atom. The number of nitrogen functional groups attached to an aromatic ring is 1. The molecule has 0 saturated heterocycles. The maximum Gasteiger partial charge on any atom is 0.255 e. The molecule has 1 aliphatic heterocycles. The Bertz CT molecular complexity index is 1020. The largest absolute Gasteiger partial charge is 0.496 e. The van der Waals surface area contributed by atoms with Crippen LogP contribution in [-0.4, -0.2) is 29.1 Å². The summed E-state index contributed by atoms with van der Waals surface area (Å²) in [5.41, 5.74) is 11.7. The minimum Gasteiger partial charge on any atom is -0.496 e. The molecule has 0 spiro atoms. The van der Waals surface area contributed by atoms with Crippen molar-refractivity contribution in [3.05, 3.63) is 46.6 Å². The first-order valence-corrected chi connectivity index (χ1v) is 8.25. The number of benzene rings is 1. The highest BCUT2D eigenvalue weighted by Gasteiger charge is 2.28. The molecule has 3 heterocycles. The van der Waals surface area contributed by atoms with Gasteiger partial charge < -0.3 is 15.8 Å². The van der Waals surface area contributed by atoms with Crippen LogP contribution in [0.15, 0.2) is 24.4 Å². The van der Waals surface area contributed by atoms with Crippen LogP contribution in [0.25, 0.3) is 16.7 Å². The van der Waals surface area contributed by atoms with Gasteiger partial charge in [0.05, 0.1) is 18.4 Å². The normalized spacial score (nSPS) is 13.6. The monoisotopic (exact) mass is 336 g/mol. The molecule has 6 heteroatoms. The van der Waals surface area contributed by atoms with E-state index >= 15 is 0 Å². The molecular formula is C19H20N4O2. The van der Waals surface area contributed by atoms with Gasteiger partial charge in [0.1, 0.15) is 17.2 Å². The van der Waals surface area contributed by atoms with Crippen molar-refractivity contribution >= 4 is 22.8 Å². The fraction of sp³-hybridized carbons (Fsp3) is 0.263. The molecule has 2 aromatic heterocycles. The number of amides is 1. The van der Waals surface area contributed by atoms with Crippen molar-refractivity contribution in [1.82, 2.24) is 14.9 Å². The summed E-state index contributed by atoms with van der Waals surface area (Å²) in [4.78, 5) is 17.2. The van der Waals surface area contributed by atoms with Gasteiger partial charge in [-0.05, 0) is 43.5 Å². The number of hydrogen-bond donors (Lipinski definition) is 2. The number of methoxy groups -OCH3 is 1. The highest BCUT2D eigenvalue weighted by atomic mass is 16.5. The van der Waals surface area contributed by atoms with Crippen molar-refractivity contribution < 1.29 is 9.53 Å². The SMILES string of the molecule is COc1ccc(C)c(-n2c(N)c3c4c(ccnc42)CCNC3=O)c1C. The highest BCUT2D eigenvalue weighted by Crippen LogP contribution is 2.37. The Kier molecular flexibility index (Phi) is 3.42. The molecule has 1 amide bonds. The van der Waals surface area contributed by atoms with E-state index in [0.717, 1.165) is 39.9 Å². The predicted octanol–water partition coefficient (Wildman–Crippen LogP) is 2.52. The van der Waals surface area contributed by atoms with Crippen molar-refractivity contribution in [3.8, 4) is 11.4 Å². The molecule has 0 unspecified atom stereocenters. The Hall–Kier alpha value is -3.02. The number of aryl methyl sites for hydroxylation is 1. The van der Waals surface area contributed by atoms with Crippen LogP contribution in [0.2, 0.25) is 0 Å². The quantitative estimate of drug-likeness (QED) is 0.753. The van der Waals surface area contributed by atoms with E-state index in [1.165, 1.54) is 0 Å². The van der Waals surface area contributed by atoms with Gasteiger partial charge in [-0.3, -0.25) is 9.36 Å². The maximum absolute atomic E-state index is 12.6. The molecular weight excluding hydrogens is 316 g/mol. The number of aromatic nitrogens is 2. The molecule has 0 bridgehead atoms. The smallest absolute Gasteiger partial charge is 0.255 e. The average Bonchev–Trinajstić information content (AvgIpc) is 2.77. The second kappa shape index (κ2) is 5.51. The van der Waals surface area contributed by atoms with Gasteiger partial charge in [0.15, 0.2) is 0 Å². The number of nitrogens with zero attached hydrogens (tertiary/aromatic N) is 2. The lowest BCUT2D eigenvalue weighted by atomic mass is 10.1. The number of anilines is 1. The fourth-order valence-corrected chi connectivity index (χ4v) is 3.73. The third kappa shape index (κ3) is 2.10. The van der Waals surface area contributed by atoms with E-state index in [9.17, 15) is 4.79 Å². The summed E-state index contributed by atoms with van der Waals surface area (Å²) >= 11 is 0. The number of hydrogen-bond acceptors (Lipinski definition) is 4. The van der Waals surface area contributed by atoms with Crippen molar-refractivity contribution in [2.75, 3.05) is 19.4 Å². The average molecular weight is 336 g/mol. The minimum absolute atomic E-state index is 0.147. The number of carbonyl (C=O) groups excluding carboxylic acids is 1. The summed E-state index contributed by atoms with van der Waals surface area (Å²) in [6.07, 6.45) is 2.54. The summed E-state index contributed by atoms with van der Waals surface area (Å²) in [6, 6.07) is 5.88. The third-order valence-corrected chi connectivity index (χ3v) is 4.91. The van der Waals surface area contributed by atoms with Crippen LogP contribution >= 0.6 is 0 Å². The zero-order chi connectivity index (χ0) is 17.7. The molecule has 0 fully saturated rings. The molecule has 128 valence electrons. The number of carbonyl (C=O) groups is 1. The number of rotatable bonds is 2. The van der Waals surface area contributed by atoms with Gasteiger partial charge in [-0.25, -0.2) is 4.98 Å². The van der Waals surface area contributed by atoms with E-state index < -0.39 is 0 Å². The van der Waals surface area contributed by atoms with Crippen LogP contribution in [-0.2, 0) is 6.42 Å². The Morgan fingerprint density at radius 2 is 2.08 bits per heavy atom. The van der Waals surface area contributed by atoms with Crippen LogP contribution in [0, 0.1) is 13.8 Å². The van der Waals surface area contributed by atoms with Gasteiger partial charge in [-0.15, -0.1) is 0 Å². The molecule has 3 N–H and O–H groups in total. The molecule has 1 aromatic carbocycles.